The largest absolute Gasteiger partial charge is 0.494 e. The number of hydrogen-bond donors (Lipinski definition) is 1. The number of rotatable bonds is 8. The zero-order chi connectivity index (χ0) is 13.4. The van der Waals surface area contributed by atoms with Gasteiger partial charge in [-0.25, -0.2) is 4.79 Å². The molecular weight excluding hydrogens is 232 g/mol. The third kappa shape index (κ3) is 5.08. The SMILES string of the molecule is CCCCCOc1ccc(OC(C)C(=O)O)cc1. The van der Waals surface area contributed by atoms with Crippen molar-refractivity contribution in [3.8, 4) is 11.5 Å². The highest BCUT2D eigenvalue weighted by atomic mass is 16.5. The monoisotopic (exact) mass is 252 g/mol. The maximum Gasteiger partial charge on any atom is 0.344 e. The van der Waals surface area contributed by atoms with E-state index in [0.29, 0.717) is 12.4 Å². The third-order valence-electron chi connectivity index (χ3n) is 2.50. The minimum Gasteiger partial charge on any atom is -0.494 e. The van der Waals surface area contributed by atoms with Crippen LogP contribution < -0.4 is 9.47 Å². The van der Waals surface area contributed by atoms with E-state index in [0.717, 1.165) is 18.6 Å². The van der Waals surface area contributed by atoms with Crippen LogP contribution in [0.2, 0.25) is 0 Å². The molecule has 0 aromatic heterocycles. The third-order valence-corrected chi connectivity index (χ3v) is 2.50. The number of carboxylic acids is 1. The highest BCUT2D eigenvalue weighted by molar-refractivity contribution is 5.72. The van der Waals surface area contributed by atoms with E-state index < -0.39 is 12.1 Å². The molecule has 18 heavy (non-hydrogen) atoms. The Kier molecular flexibility index (Phi) is 6.05. The highest BCUT2D eigenvalue weighted by Crippen LogP contribution is 2.19. The normalized spacial score (nSPS) is 11.9. The predicted molar refractivity (Wildman–Crippen MR) is 69.2 cm³/mol. The summed E-state index contributed by atoms with van der Waals surface area (Å²) in [7, 11) is 0. The molecule has 0 radical (unpaired) electrons. The van der Waals surface area contributed by atoms with Crippen molar-refractivity contribution >= 4 is 5.97 Å². The number of aliphatic carboxylic acids is 1. The molecule has 1 N–H and O–H groups in total. The van der Waals surface area contributed by atoms with Crippen molar-refractivity contribution in [1.29, 1.82) is 0 Å². The molecule has 0 bridgehead atoms. The summed E-state index contributed by atoms with van der Waals surface area (Å²) >= 11 is 0. The van der Waals surface area contributed by atoms with Crippen LogP contribution in [-0.2, 0) is 4.79 Å². The van der Waals surface area contributed by atoms with Crippen molar-refractivity contribution in [3.63, 3.8) is 0 Å². The fourth-order valence-electron chi connectivity index (χ4n) is 1.41. The van der Waals surface area contributed by atoms with Crippen molar-refractivity contribution in [2.45, 2.75) is 39.2 Å². The standard InChI is InChI=1S/C14H20O4/c1-3-4-5-10-17-12-6-8-13(9-7-12)18-11(2)14(15)16/h6-9,11H,3-5,10H2,1-2H3,(H,15,16). The first kappa shape index (κ1) is 14.4. The van der Waals surface area contributed by atoms with Crippen molar-refractivity contribution in [2.24, 2.45) is 0 Å². The molecule has 0 fully saturated rings. The second-order valence-corrected chi connectivity index (χ2v) is 4.13. The molecule has 1 unspecified atom stereocenters. The lowest BCUT2D eigenvalue weighted by molar-refractivity contribution is -0.144. The molecular formula is C14H20O4. The number of carboxylic acid groups (broad SMARTS) is 1. The van der Waals surface area contributed by atoms with Crippen LogP contribution in [-0.4, -0.2) is 23.8 Å². The zero-order valence-electron chi connectivity index (χ0n) is 10.9. The molecule has 0 heterocycles. The molecule has 1 atom stereocenters. The molecule has 1 aromatic rings. The molecule has 4 heteroatoms. The topological polar surface area (TPSA) is 55.8 Å². The van der Waals surface area contributed by atoms with Crippen LogP contribution in [0.3, 0.4) is 0 Å². The van der Waals surface area contributed by atoms with E-state index in [1.807, 2.05) is 0 Å². The first-order valence-corrected chi connectivity index (χ1v) is 6.25. The van der Waals surface area contributed by atoms with Crippen LogP contribution in [0.15, 0.2) is 24.3 Å². The van der Waals surface area contributed by atoms with E-state index in [9.17, 15) is 4.79 Å². The van der Waals surface area contributed by atoms with Gasteiger partial charge in [-0.1, -0.05) is 19.8 Å². The van der Waals surface area contributed by atoms with Crippen LogP contribution in [0.1, 0.15) is 33.1 Å². The van der Waals surface area contributed by atoms with Gasteiger partial charge in [0, 0.05) is 0 Å². The Labute approximate surface area is 108 Å². The van der Waals surface area contributed by atoms with Gasteiger partial charge in [-0.05, 0) is 37.6 Å². The molecule has 0 saturated carbocycles. The Morgan fingerprint density at radius 2 is 1.83 bits per heavy atom. The van der Waals surface area contributed by atoms with Crippen molar-refractivity contribution in [2.75, 3.05) is 6.61 Å². The molecule has 0 saturated heterocycles. The van der Waals surface area contributed by atoms with Gasteiger partial charge in [0.15, 0.2) is 6.10 Å². The van der Waals surface area contributed by atoms with E-state index >= 15 is 0 Å². The Balaban J connectivity index is 2.40. The second-order valence-electron chi connectivity index (χ2n) is 4.13. The second kappa shape index (κ2) is 7.58. The molecule has 4 nitrogen and oxygen atoms in total. The molecule has 1 rings (SSSR count). The number of unbranched alkanes of at least 4 members (excludes halogenated alkanes) is 2. The minimum absolute atomic E-state index is 0.533. The number of ether oxygens (including phenoxy) is 2. The lowest BCUT2D eigenvalue weighted by Gasteiger charge is -2.11. The molecule has 0 spiro atoms. The lowest BCUT2D eigenvalue weighted by atomic mass is 10.2. The van der Waals surface area contributed by atoms with E-state index in [4.69, 9.17) is 14.6 Å². The summed E-state index contributed by atoms with van der Waals surface area (Å²) in [4.78, 5) is 10.6. The quantitative estimate of drug-likeness (QED) is 0.722. The highest BCUT2D eigenvalue weighted by Gasteiger charge is 2.11. The van der Waals surface area contributed by atoms with Gasteiger partial charge in [-0.3, -0.25) is 0 Å². The first-order chi connectivity index (χ1) is 8.63. The van der Waals surface area contributed by atoms with E-state index in [1.54, 1.807) is 24.3 Å². The number of carbonyl (C=O) groups is 1. The molecule has 1 aromatic carbocycles. The van der Waals surface area contributed by atoms with Crippen LogP contribution in [0.4, 0.5) is 0 Å². The van der Waals surface area contributed by atoms with Crippen LogP contribution >= 0.6 is 0 Å². The van der Waals surface area contributed by atoms with Gasteiger partial charge >= 0.3 is 5.97 Å². The smallest absolute Gasteiger partial charge is 0.344 e. The maximum atomic E-state index is 10.6. The van der Waals surface area contributed by atoms with Crippen molar-refractivity contribution in [3.05, 3.63) is 24.3 Å². The summed E-state index contributed by atoms with van der Waals surface area (Å²) in [5.74, 6) is 0.335. The fraction of sp³-hybridized carbons (Fsp3) is 0.500. The zero-order valence-corrected chi connectivity index (χ0v) is 10.9. The first-order valence-electron chi connectivity index (χ1n) is 6.25. The molecule has 0 amide bonds. The van der Waals surface area contributed by atoms with Gasteiger partial charge in [-0.15, -0.1) is 0 Å². The molecule has 100 valence electrons. The average molecular weight is 252 g/mol. The average Bonchev–Trinajstić information content (AvgIpc) is 2.36. The summed E-state index contributed by atoms with van der Waals surface area (Å²) < 4.78 is 10.8. The van der Waals surface area contributed by atoms with Crippen molar-refractivity contribution in [1.82, 2.24) is 0 Å². The Morgan fingerprint density at radius 1 is 1.22 bits per heavy atom. The summed E-state index contributed by atoms with van der Waals surface area (Å²) in [5.41, 5.74) is 0. The van der Waals surface area contributed by atoms with Crippen LogP contribution in [0.5, 0.6) is 11.5 Å². The Morgan fingerprint density at radius 3 is 2.39 bits per heavy atom. The predicted octanol–water partition coefficient (Wildman–Crippen LogP) is 3.11. The molecule has 0 aliphatic heterocycles. The molecule has 0 aliphatic rings. The maximum absolute atomic E-state index is 10.6. The van der Waals surface area contributed by atoms with Crippen LogP contribution in [0.25, 0.3) is 0 Å². The summed E-state index contributed by atoms with van der Waals surface area (Å²) in [5, 5.41) is 8.71. The van der Waals surface area contributed by atoms with E-state index in [1.165, 1.54) is 13.3 Å². The Hall–Kier alpha value is -1.71. The number of hydrogen-bond acceptors (Lipinski definition) is 3. The van der Waals surface area contributed by atoms with Gasteiger partial charge in [0.25, 0.3) is 0 Å². The van der Waals surface area contributed by atoms with Gasteiger partial charge in [0.2, 0.25) is 0 Å². The van der Waals surface area contributed by atoms with Gasteiger partial charge < -0.3 is 14.6 Å². The van der Waals surface area contributed by atoms with Crippen LogP contribution in [0, 0.1) is 0 Å². The van der Waals surface area contributed by atoms with Gasteiger partial charge in [0.1, 0.15) is 11.5 Å². The van der Waals surface area contributed by atoms with E-state index in [-0.39, 0.29) is 0 Å². The van der Waals surface area contributed by atoms with Gasteiger partial charge in [-0.2, -0.15) is 0 Å². The number of benzene rings is 1. The minimum atomic E-state index is -0.977. The fourth-order valence-corrected chi connectivity index (χ4v) is 1.41. The summed E-state index contributed by atoms with van der Waals surface area (Å²) in [6, 6.07) is 7.01. The summed E-state index contributed by atoms with van der Waals surface area (Å²) in [6.45, 7) is 4.35. The van der Waals surface area contributed by atoms with E-state index in [2.05, 4.69) is 6.92 Å². The summed E-state index contributed by atoms with van der Waals surface area (Å²) in [6.07, 6.45) is 2.53. The lowest BCUT2D eigenvalue weighted by Crippen LogP contribution is -2.22. The van der Waals surface area contributed by atoms with Crippen molar-refractivity contribution < 1.29 is 19.4 Å². The van der Waals surface area contributed by atoms with Gasteiger partial charge in [0.05, 0.1) is 6.61 Å². The Bertz CT molecular complexity index is 359. The molecule has 0 aliphatic carbocycles.